The van der Waals surface area contributed by atoms with Crippen LogP contribution in [0.5, 0.6) is 5.75 Å². The van der Waals surface area contributed by atoms with Crippen LogP contribution in [0.25, 0.3) is 0 Å². The van der Waals surface area contributed by atoms with Crippen molar-refractivity contribution in [2.45, 2.75) is 45.2 Å². The van der Waals surface area contributed by atoms with E-state index < -0.39 is 0 Å². The molecule has 2 heterocycles. The van der Waals surface area contributed by atoms with Gasteiger partial charge in [0.1, 0.15) is 18.3 Å². The number of nitrogens with one attached hydrogen (secondary N) is 2. The molecule has 2 amide bonds. The van der Waals surface area contributed by atoms with Gasteiger partial charge in [0.05, 0.1) is 12.6 Å². The van der Waals surface area contributed by atoms with Crippen LogP contribution in [0.3, 0.4) is 0 Å². The van der Waals surface area contributed by atoms with Crippen molar-refractivity contribution < 1.29 is 14.3 Å². The molecule has 0 aliphatic carbocycles. The Kier molecular flexibility index (Phi) is 7.20. The second-order valence-corrected chi connectivity index (χ2v) is 8.80. The first-order valence-electron chi connectivity index (χ1n) is 11.3. The lowest BCUT2D eigenvalue weighted by atomic mass is 10.0. The maximum absolute atomic E-state index is 13.0. The highest BCUT2D eigenvalue weighted by Crippen LogP contribution is 2.31. The van der Waals surface area contributed by atoms with Crippen molar-refractivity contribution in [2.75, 3.05) is 18.5 Å². The van der Waals surface area contributed by atoms with Gasteiger partial charge in [-0.05, 0) is 55.2 Å². The molecule has 2 aromatic rings. The highest BCUT2D eigenvalue weighted by Gasteiger charge is 2.40. The summed E-state index contributed by atoms with van der Waals surface area (Å²) >= 11 is 6.13. The third-order valence-electron chi connectivity index (χ3n) is 5.89. The predicted octanol–water partition coefficient (Wildman–Crippen LogP) is 4.40. The molecule has 8 heteroatoms. The molecule has 2 aliphatic rings. The number of fused-ring (bicyclic) bond motifs is 1. The summed E-state index contributed by atoms with van der Waals surface area (Å²) in [6.07, 6.45) is 6.20. The number of aryl methyl sites for hydroxylation is 1. The highest BCUT2D eigenvalue weighted by molar-refractivity contribution is 6.31. The largest absolute Gasteiger partial charge is 0.494 e. The van der Waals surface area contributed by atoms with Crippen LogP contribution in [0.4, 0.5) is 5.69 Å². The van der Waals surface area contributed by atoms with Gasteiger partial charge in [0.15, 0.2) is 0 Å². The van der Waals surface area contributed by atoms with E-state index in [9.17, 15) is 9.59 Å². The number of hydrazine groups is 1. The Bertz CT molecular complexity index is 1040. The Labute approximate surface area is 199 Å². The first-order chi connectivity index (χ1) is 15.9. The normalized spacial score (nSPS) is 19.5. The molecule has 2 aromatic carbocycles. The van der Waals surface area contributed by atoms with E-state index in [1.165, 1.54) is 4.90 Å². The lowest BCUT2D eigenvalue weighted by molar-refractivity contribution is -0.137. The van der Waals surface area contributed by atoms with Crippen LogP contribution < -0.4 is 15.5 Å². The van der Waals surface area contributed by atoms with Crippen molar-refractivity contribution in [3.63, 3.8) is 0 Å². The molecule has 2 atom stereocenters. The molecule has 0 radical (unpaired) electrons. The van der Waals surface area contributed by atoms with Crippen LogP contribution in [-0.2, 0) is 9.59 Å². The van der Waals surface area contributed by atoms with Crippen molar-refractivity contribution in [1.29, 1.82) is 0 Å². The molecule has 0 spiro atoms. The molecule has 1 saturated heterocycles. The van der Waals surface area contributed by atoms with Crippen LogP contribution in [0.1, 0.15) is 43.4 Å². The van der Waals surface area contributed by atoms with E-state index in [1.807, 2.05) is 48.5 Å². The van der Waals surface area contributed by atoms with Gasteiger partial charge in [-0.3, -0.25) is 9.59 Å². The fourth-order valence-corrected chi connectivity index (χ4v) is 4.12. The first kappa shape index (κ1) is 23.1. The molecule has 0 aromatic heterocycles. The summed E-state index contributed by atoms with van der Waals surface area (Å²) in [4.78, 5) is 27.0. The number of anilines is 1. The van der Waals surface area contributed by atoms with Crippen molar-refractivity contribution in [3.8, 4) is 5.75 Å². The summed E-state index contributed by atoms with van der Waals surface area (Å²) in [6.45, 7) is 4.69. The minimum absolute atomic E-state index is 0.0109. The molecule has 7 nitrogen and oxygen atoms in total. The monoisotopic (exact) mass is 468 g/mol. The van der Waals surface area contributed by atoms with E-state index in [-0.39, 0.29) is 30.4 Å². The van der Waals surface area contributed by atoms with Crippen LogP contribution in [0.2, 0.25) is 5.02 Å². The van der Waals surface area contributed by atoms with E-state index in [4.69, 9.17) is 16.3 Å². The Morgan fingerprint density at radius 1 is 1.21 bits per heavy atom. The molecule has 2 N–H and O–H groups in total. The second kappa shape index (κ2) is 10.3. The van der Waals surface area contributed by atoms with Crippen molar-refractivity contribution in [3.05, 3.63) is 71.0 Å². The van der Waals surface area contributed by atoms with Crippen LogP contribution in [0, 0.1) is 6.92 Å². The average Bonchev–Trinajstić information content (AvgIpc) is 3.24. The molecule has 2 unspecified atom stereocenters. The van der Waals surface area contributed by atoms with Gasteiger partial charge in [0, 0.05) is 23.1 Å². The molecule has 1 fully saturated rings. The zero-order valence-electron chi connectivity index (χ0n) is 18.9. The van der Waals surface area contributed by atoms with Gasteiger partial charge in [-0.15, -0.1) is 0 Å². The fraction of sp³-hybridized carbons (Fsp3) is 0.360. The lowest BCUT2D eigenvalue weighted by Gasteiger charge is -2.31. The maximum atomic E-state index is 13.0. The third kappa shape index (κ3) is 5.49. The van der Waals surface area contributed by atoms with Gasteiger partial charge >= 0.3 is 0 Å². The van der Waals surface area contributed by atoms with Gasteiger partial charge in [-0.25, -0.2) is 5.43 Å². The summed E-state index contributed by atoms with van der Waals surface area (Å²) in [5.41, 5.74) is 6.01. The highest BCUT2D eigenvalue weighted by atomic mass is 35.5. The number of rotatable bonds is 8. The Balaban J connectivity index is 1.33. The third-order valence-corrected chi connectivity index (χ3v) is 6.30. The lowest BCUT2D eigenvalue weighted by Crippen LogP contribution is -2.49. The minimum Gasteiger partial charge on any atom is -0.494 e. The number of halogens is 1. The molecular weight excluding hydrogens is 440 g/mol. The van der Waals surface area contributed by atoms with Crippen LogP contribution >= 0.6 is 11.6 Å². The summed E-state index contributed by atoms with van der Waals surface area (Å²) in [5, 5.41) is 5.21. The SMILES string of the molecule is CCCCOc1ccc(C2CC3C(=O)N(CC(=O)Nc4ccc(C)c(Cl)c4)C=CN3N2)cc1. The Morgan fingerprint density at radius 2 is 2.00 bits per heavy atom. The Hall–Kier alpha value is -3.03. The fourth-order valence-electron chi connectivity index (χ4n) is 3.94. The van der Waals surface area contributed by atoms with Crippen molar-refractivity contribution in [1.82, 2.24) is 15.3 Å². The van der Waals surface area contributed by atoms with Gasteiger partial charge in [-0.1, -0.05) is 43.1 Å². The molecule has 0 saturated carbocycles. The molecule has 0 bridgehead atoms. The van der Waals surface area contributed by atoms with Crippen LogP contribution in [-0.4, -0.2) is 40.9 Å². The summed E-state index contributed by atoms with van der Waals surface area (Å²) in [5.74, 6) is 0.470. The van der Waals surface area contributed by atoms with Gasteiger partial charge in [0.25, 0.3) is 5.91 Å². The number of amides is 2. The number of carbonyl (C=O) groups is 2. The van der Waals surface area contributed by atoms with E-state index in [2.05, 4.69) is 17.7 Å². The number of benzene rings is 2. The van der Waals surface area contributed by atoms with E-state index in [0.717, 1.165) is 29.7 Å². The number of carbonyl (C=O) groups excluding carboxylic acids is 2. The topological polar surface area (TPSA) is 73.9 Å². The van der Waals surface area contributed by atoms with Gasteiger partial charge in [0.2, 0.25) is 5.91 Å². The quantitative estimate of drug-likeness (QED) is 0.562. The molecule has 4 rings (SSSR count). The number of hydrogen-bond donors (Lipinski definition) is 2. The van der Waals surface area contributed by atoms with E-state index in [0.29, 0.717) is 23.7 Å². The van der Waals surface area contributed by atoms with E-state index >= 15 is 0 Å². The average molecular weight is 469 g/mol. The number of unbranched alkanes of at least 4 members (excludes halogenated alkanes) is 1. The van der Waals surface area contributed by atoms with Gasteiger partial charge in [-0.2, -0.15) is 0 Å². The van der Waals surface area contributed by atoms with E-state index in [1.54, 1.807) is 18.3 Å². The molecular formula is C25H29ClN4O3. The first-order valence-corrected chi connectivity index (χ1v) is 11.6. The molecule has 33 heavy (non-hydrogen) atoms. The van der Waals surface area contributed by atoms with Crippen molar-refractivity contribution in [2.24, 2.45) is 0 Å². The Morgan fingerprint density at radius 3 is 2.73 bits per heavy atom. The second-order valence-electron chi connectivity index (χ2n) is 8.39. The predicted molar refractivity (Wildman–Crippen MR) is 129 cm³/mol. The van der Waals surface area contributed by atoms with Crippen LogP contribution in [0.15, 0.2) is 54.9 Å². The number of hydrogen-bond acceptors (Lipinski definition) is 5. The summed E-state index contributed by atoms with van der Waals surface area (Å²) in [6, 6.07) is 13.0. The minimum atomic E-state index is -0.359. The molecule has 174 valence electrons. The smallest absolute Gasteiger partial charge is 0.251 e. The standard InChI is InChI=1S/C25H29ClN4O3/c1-3-4-13-33-20-9-6-18(7-10-20)22-15-23-25(32)29(11-12-30(23)28-22)16-24(31)27-19-8-5-17(2)21(26)14-19/h5-12,14,22-23,28H,3-4,13,15-16H2,1-2H3,(H,27,31). The molecule has 2 aliphatic heterocycles. The summed E-state index contributed by atoms with van der Waals surface area (Å²) < 4.78 is 5.73. The summed E-state index contributed by atoms with van der Waals surface area (Å²) in [7, 11) is 0. The van der Waals surface area contributed by atoms with Crippen molar-refractivity contribution >= 4 is 29.1 Å². The van der Waals surface area contributed by atoms with Gasteiger partial charge < -0.3 is 20.0 Å². The zero-order valence-corrected chi connectivity index (χ0v) is 19.6. The zero-order chi connectivity index (χ0) is 23.4. The number of ether oxygens (including phenoxy) is 1. The maximum Gasteiger partial charge on any atom is 0.251 e. The number of nitrogens with zero attached hydrogens (tertiary/aromatic N) is 2.